The molecule has 3 rings (SSSR count). The van der Waals surface area contributed by atoms with Crippen molar-refractivity contribution in [2.75, 3.05) is 10.0 Å². The number of aromatic nitrogens is 1. The molecule has 0 atom stereocenters. The van der Waals surface area contributed by atoms with Crippen LogP contribution in [-0.2, 0) is 10.0 Å². The van der Waals surface area contributed by atoms with E-state index in [-0.39, 0.29) is 10.0 Å². The van der Waals surface area contributed by atoms with Crippen LogP contribution in [0.3, 0.4) is 0 Å². The molecule has 2 aromatic heterocycles. The molecule has 0 saturated heterocycles. The molecular weight excluding hydrogens is 342 g/mol. The summed E-state index contributed by atoms with van der Waals surface area (Å²) in [5.41, 5.74) is 2.90. The summed E-state index contributed by atoms with van der Waals surface area (Å²) in [5.74, 6) is 0.288. The summed E-state index contributed by atoms with van der Waals surface area (Å²) in [6.07, 6.45) is 1.60. The SMILES string of the molecule is Cc1ccc(S(=O)(=O)Nc2ccc(Nc3ccccc3C)cn2)s1. The van der Waals surface area contributed by atoms with Crippen LogP contribution < -0.4 is 10.0 Å². The Morgan fingerprint density at radius 2 is 1.79 bits per heavy atom. The van der Waals surface area contributed by atoms with Crippen LogP contribution >= 0.6 is 11.3 Å². The maximum absolute atomic E-state index is 12.3. The first kappa shape index (κ1) is 16.5. The number of sulfonamides is 1. The molecule has 5 nitrogen and oxygen atoms in total. The smallest absolute Gasteiger partial charge is 0.272 e. The Labute approximate surface area is 145 Å². The maximum Gasteiger partial charge on any atom is 0.272 e. The third-order valence-electron chi connectivity index (χ3n) is 3.41. The number of hydrogen-bond acceptors (Lipinski definition) is 5. The van der Waals surface area contributed by atoms with Crippen molar-refractivity contribution in [3.8, 4) is 0 Å². The van der Waals surface area contributed by atoms with Gasteiger partial charge in [-0.15, -0.1) is 11.3 Å². The van der Waals surface area contributed by atoms with Crippen LogP contribution in [0.15, 0.2) is 58.9 Å². The van der Waals surface area contributed by atoms with Crippen molar-refractivity contribution < 1.29 is 8.42 Å². The Bertz CT molecular complexity index is 948. The fourth-order valence-electron chi connectivity index (χ4n) is 2.14. The molecule has 0 bridgehead atoms. The standard InChI is InChI=1S/C17H17N3O2S2/c1-12-5-3-4-6-15(12)19-14-8-9-16(18-11-14)20-24(21,22)17-10-7-13(2)23-17/h3-11,19H,1-2H3,(H,18,20). The molecule has 0 aliphatic rings. The summed E-state index contributed by atoms with van der Waals surface area (Å²) in [6, 6.07) is 14.7. The summed E-state index contributed by atoms with van der Waals surface area (Å²) in [5, 5.41) is 3.26. The van der Waals surface area contributed by atoms with E-state index in [0.717, 1.165) is 21.8 Å². The molecule has 0 fully saturated rings. The molecule has 3 aromatic rings. The maximum atomic E-state index is 12.3. The highest BCUT2D eigenvalue weighted by atomic mass is 32.2. The van der Waals surface area contributed by atoms with Crippen molar-refractivity contribution in [2.45, 2.75) is 18.1 Å². The van der Waals surface area contributed by atoms with Gasteiger partial charge < -0.3 is 5.32 Å². The fraction of sp³-hybridized carbons (Fsp3) is 0.118. The van der Waals surface area contributed by atoms with Crippen LogP contribution in [0.25, 0.3) is 0 Å². The lowest BCUT2D eigenvalue weighted by Gasteiger charge is -2.10. The Kier molecular flexibility index (Phi) is 4.55. The lowest BCUT2D eigenvalue weighted by molar-refractivity contribution is 0.603. The van der Waals surface area contributed by atoms with Gasteiger partial charge >= 0.3 is 0 Å². The van der Waals surface area contributed by atoms with Gasteiger partial charge in [0.1, 0.15) is 10.0 Å². The van der Waals surface area contributed by atoms with E-state index >= 15 is 0 Å². The number of rotatable bonds is 5. The molecule has 124 valence electrons. The first-order valence-corrected chi connectivity index (χ1v) is 9.62. The Morgan fingerprint density at radius 1 is 1.00 bits per heavy atom. The summed E-state index contributed by atoms with van der Waals surface area (Å²) in [7, 11) is -3.59. The van der Waals surface area contributed by atoms with Crippen molar-refractivity contribution in [1.29, 1.82) is 0 Å². The predicted octanol–water partition coefficient (Wildman–Crippen LogP) is 4.30. The van der Waals surface area contributed by atoms with Gasteiger partial charge in [-0.25, -0.2) is 13.4 Å². The Hall–Kier alpha value is -2.38. The molecule has 0 unspecified atom stereocenters. The zero-order valence-electron chi connectivity index (χ0n) is 13.3. The minimum absolute atomic E-state index is 0.281. The van der Waals surface area contributed by atoms with Crippen molar-refractivity contribution in [2.24, 2.45) is 0 Å². The summed E-state index contributed by atoms with van der Waals surface area (Å²) < 4.78 is 27.3. The number of thiophene rings is 1. The zero-order valence-corrected chi connectivity index (χ0v) is 14.9. The molecule has 24 heavy (non-hydrogen) atoms. The van der Waals surface area contributed by atoms with Crippen molar-refractivity contribution in [3.05, 3.63) is 65.2 Å². The number of aryl methyl sites for hydroxylation is 2. The van der Waals surface area contributed by atoms with Gasteiger partial charge in [-0.2, -0.15) is 0 Å². The molecule has 0 aliphatic heterocycles. The molecule has 0 aliphatic carbocycles. The lowest BCUT2D eigenvalue weighted by Crippen LogP contribution is -2.12. The van der Waals surface area contributed by atoms with Gasteiger partial charge in [0.05, 0.1) is 11.9 Å². The number of pyridine rings is 1. The van der Waals surface area contributed by atoms with Crippen LogP contribution in [0.5, 0.6) is 0 Å². The van der Waals surface area contributed by atoms with E-state index in [9.17, 15) is 8.42 Å². The Morgan fingerprint density at radius 3 is 2.42 bits per heavy atom. The van der Waals surface area contributed by atoms with Crippen LogP contribution in [0.1, 0.15) is 10.4 Å². The van der Waals surface area contributed by atoms with E-state index in [1.54, 1.807) is 30.5 Å². The quantitative estimate of drug-likeness (QED) is 0.712. The van der Waals surface area contributed by atoms with E-state index < -0.39 is 10.0 Å². The first-order chi connectivity index (χ1) is 11.4. The van der Waals surface area contributed by atoms with Gasteiger partial charge in [-0.05, 0) is 49.7 Å². The predicted molar refractivity (Wildman–Crippen MR) is 98.6 cm³/mol. The third-order valence-corrected chi connectivity index (χ3v) is 6.25. The number of hydrogen-bond donors (Lipinski definition) is 2. The highest BCUT2D eigenvalue weighted by Crippen LogP contribution is 2.24. The molecule has 0 radical (unpaired) electrons. The molecule has 0 spiro atoms. The van der Waals surface area contributed by atoms with Crippen molar-refractivity contribution in [3.63, 3.8) is 0 Å². The molecule has 2 N–H and O–H groups in total. The van der Waals surface area contributed by atoms with E-state index in [4.69, 9.17) is 0 Å². The first-order valence-electron chi connectivity index (χ1n) is 7.32. The minimum atomic E-state index is -3.59. The van der Waals surface area contributed by atoms with E-state index in [1.165, 1.54) is 11.3 Å². The minimum Gasteiger partial charge on any atom is -0.354 e. The second-order valence-electron chi connectivity index (χ2n) is 5.34. The monoisotopic (exact) mass is 359 g/mol. The van der Waals surface area contributed by atoms with E-state index in [2.05, 4.69) is 15.0 Å². The fourth-order valence-corrected chi connectivity index (χ4v) is 4.43. The third kappa shape index (κ3) is 3.74. The summed E-state index contributed by atoms with van der Waals surface area (Å²) in [6.45, 7) is 3.88. The van der Waals surface area contributed by atoms with Crippen LogP contribution in [0.4, 0.5) is 17.2 Å². The van der Waals surface area contributed by atoms with E-state index in [0.29, 0.717) is 0 Å². The average Bonchev–Trinajstić information content (AvgIpc) is 2.99. The molecule has 2 heterocycles. The lowest BCUT2D eigenvalue weighted by atomic mass is 10.2. The molecule has 7 heteroatoms. The largest absolute Gasteiger partial charge is 0.354 e. The number of nitrogens with zero attached hydrogens (tertiary/aromatic N) is 1. The number of nitrogens with one attached hydrogen (secondary N) is 2. The molecule has 0 amide bonds. The zero-order chi connectivity index (χ0) is 17.2. The second kappa shape index (κ2) is 6.62. The number of benzene rings is 1. The van der Waals surface area contributed by atoms with Crippen molar-refractivity contribution in [1.82, 2.24) is 4.98 Å². The molecule has 1 aromatic carbocycles. The average molecular weight is 359 g/mol. The van der Waals surface area contributed by atoms with Gasteiger partial charge in [-0.1, -0.05) is 18.2 Å². The van der Waals surface area contributed by atoms with Crippen LogP contribution in [0, 0.1) is 13.8 Å². The van der Waals surface area contributed by atoms with Crippen LogP contribution in [0.2, 0.25) is 0 Å². The highest BCUT2D eigenvalue weighted by Gasteiger charge is 2.16. The summed E-state index contributed by atoms with van der Waals surface area (Å²) in [4.78, 5) is 5.12. The van der Waals surface area contributed by atoms with Crippen molar-refractivity contribution >= 4 is 38.6 Å². The molecule has 0 saturated carbocycles. The van der Waals surface area contributed by atoms with Gasteiger partial charge in [0.15, 0.2) is 0 Å². The van der Waals surface area contributed by atoms with Gasteiger partial charge in [0.2, 0.25) is 0 Å². The van der Waals surface area contributed by atoms with Gasteiger partial charge in [-0.3, -0.25) is 4.72 Å². The topological polar surface area (TPSA) is 71.1 Å². The van der Waals surface area contributed by atoms with E-state index in [1.807, 2.05) is 38.1 Å². The summed E-state index contributed by atoms with van der Waals surface area (Å²) >= 11 is 1.23. The number of para-hydroxylation sites is 1. The second-order valence-corrected chi connectivity index (χ2v) is 8.54. The van der Waals surface area contributed by atoms with Crippen LogP contribution in [-0.4, -0.2) is 13.4 Å². The molecular formula is C17H17N3O2S2. The Balaban J connectivity index is 1.74. The van der Waals surface area contributed by atoms with Gasteiger partial charge in [0, 0.05) is 10.6 Å². The normalized spacial score (nSPS) is 11.2. The number of anilines is 3. The van der Waals surface area contributed by atoms with Gasteiger partial charge in [0.25, 0.3) is 10.0 Å². The highest BCUT2D eigenvalue weighted by molar-refractivity contribution is 7.94.